The normalized spacial score (nSPS) is 21.2. The van der Waals surface area contributed by atoms with Gasteiger partial charge in [-0.05, 0) is 73.5 Å². The molecule has 2 aliphatic carbocycles. The van der Waals surface area contributed by atoms with Gasteiger partial charge in [0.05, 0.1) is 21.5 Å². The van der Waals surface area contributed by atoms with Crippen molar-refractivity contribution in [1.82, 2.24) is 13.5 Å². The zero-order valence-electron chi connectivity index (χ0n) is 21.9. The van der Waals surface area contributed by atoms with Crippen LogP contribution in [0.25, 0.3) is 15.8 Å². The van der Waals surface area contributed by atoms with E-state index in [1.165, 1.54) is 24.5 Å². The van der Waals surface area contributed by atoms with Crippen LogP contribution in [0.5, 0.6) is 0 Å². The molecule has 2 heterocycles. The van der Waals surface area contributed by atoms with Crippen LogP contribution in [0.1, 0.15) is 50.9 Å². The fourth-order valence-electron chi connectivity index (χ4n) is 5.49. The lowest BCUT2D eigenvalue weighted by Gasteiger charge is -2.40. The first-order valence-corrected chi connectivity index (χ1v) is 13.5. The summed E-state index contributed by atoms with van der Waals surface area (Å²) < 4.78 is 46.9. The van der Waals surface area contributed by atoms with Crippen LogP contribution >= 0.6 is 11.5 Å². The largest absolute Gasteiger partial charge is 0.431 e. The van der Waals surface area contributed by atoms with E-state index in [2.05, 4.69) is 6.08 Å². The predicted octanol–water partition coefficient (Wildman–Crippen LogP) is 5.49. The van der Waals surface area contributed by atoms with Gasteiger partial charge < -0.3 is 0 Å². The Hall–Kier alpha value is -3.93. The fraction of sp³-hybridized carbons (Fsp3) is 0.357. The van der Waals surface area contributed by atoms with Gasteiger partial charge in [-0.1, -0.05) is 24.6 Å². The highest BCUT2D eigenvalue weighted by Crippen LogP contribution is 2.50. The van der Waals surface area contributed by atoms with Gasteiger partial charge in [0, 0.05) is 25.4 Å². The number of carbonyl (C=O) groups excluding carboxylic acids is 1. The highest BCUT2D eigenvalue weighted by atomic mass is 32.1. The molecule has 2 aliphatic rings. The Labute approximate surface area is 230 Å². The van der Waals surface area contributed by atoms with Gasteiger partial charge in [0.1, 0.15) is 5.69 Å². The number of alkyl halides is 3. The second-order valence-corrected chi connectivity index (χ2v) is 10.8. The van der Waals surface area contributed by atoms with Crippen molar-refractivity contribution in [1.29, 1.82) is 0 Å². The summed E-state index contributed by atoms with van der Waals surface area (Å²) in [5, 5.41) is 0.646. The fourth-order valence-corrected chi connectivity index (χ4v) is 6.31. The number of allylic oxidation sites excluding steroid dienone is 5. The second-order valence-electron chi connectivity index (χ2n) is 9.95. The van der Waals surface area contributed by atoms with Crippen LogP contribution < -0.4 is 11.2 Å². The highest BCUT2D eigenvalue weighted by Gasteiger charge is 2.44. The van der Waals surface area contributed by atoms with Crippen LogP contribution in [0.2, 0.25) is 0 Å². The summed E-state index contributed by atoms with van der Waals surface area (Å²) in [5.74, 6) is -0.384. The lowest BCUT2D eigenvalue weighted by molar-refractivity contribution is -0.242. The first-order chi connectivity index (χ1) is 18.9. The summed E-state index contributed by atoms with van der Waals surface area (Å²) in [4.78, 5) is 47.3. The molecule has 8 nitrogen and oxygen atoms in total. The predicted molar refractivity (Wildman–Crippen MR) is 143 cm³/mol. The maximum Gasteiger partial charge on any atom is 0.431 e. The van der Waals surface area contributed by atoms with Crippen molar-refractivity contribution in [3.8, 4) is 5.69 Å². The van der Waals surface area contributed by atoms with Gasteiger partial charge in [-0.3, -0.25) is 19.1 Å². The molecule has 2 unspecified atom stereocenters. The molecule has 0 N–H and O–H groups in total. The molecule has 1 aromatic carbocycles. The quantitative estimate of drug-likeness (QED) is 0.228. The van der Waals surface area contributed by atoms with E-state index in [1.54, 1.807) is 18.2 Å². The molecule has 5 rings (SSSR count). The van der Waals surface area contributed by atoms with Crippen LogP contribution in [-0.2, 0) is 33.2 Å². The Morgan fingerprint density at radius 1 is 1.20 bits per heavy atom. The van der Waals surface area contributed by atoms with Crippen molar-refractivity contribution in [2.75, 3.05) is 0 Å². The average Bonchev–Trinajstić information content (AvgIpc) is 3.34. The molecule has 210 valence electrons. The monoisotopic (exact) mass is 573 g/mol. The van der Waals surface area contributed by atoms with Crippen molar-refractivity contribution >= 4 is 27.6 Å². The molecular formula is C28H26F3N3O5S. The molecular weight excluding hydrogens is 547 g/mol. The average molecular weight is 574 g/mol. The summed E-state index contributed by atoms with van der Waals surface area (Å²) in [5.41, 5.74) is -2.43. The zero-order valence-corrected chi connectivity index (χ0v) is 22.8. The standard InChI is InChI=1S/C28H26F3N3O5S/c1-16-9-11-20(39-38-17(2)35)15-27(16,18-7-5-4-6-8-18)25-21-13-19(10-12-22(21)40-32-25)34-24(36)14-23(28(29,30)31)33(3)26(34)37/h7,9-16H,4-6,8H2,1-3H3. The molecule has 0 fully saturated rings. The third kappa shape index (κ3) is 4.70. The maximum atomic E-state index is 13.4. The molecule has 0 spiro atoms. The molecule has 2 atom stereocenters. The van der Waals surface area contributed by atoms with E-state index in [-0.39, 0.29) is 11.6 Å². The lowest BCUT2D eigenvalue weighted by atomic mass is 9.63. The van der Waals surface area contributed by atoms with Gasteiger partial charge in [0.2, 0.25) is 0 Å². The van der Waals surface area contributed by atoms with E-state index in [0.717, 1.165) is 47.6 Å². The van der Waals surface area contributed by atoms with Crippen molar-refractivity contribution in [3.05, 3.63) is 92.1 Å². The molecule has 12 heteroatoms. The van der Waals surface area contributed by atoms with Crippen LogP contribution in [0.3, 0.4) is 0 Å². The summed E-state index contributed by atoms with van der Waals surface area (Å²) in [6, 6.07) is 5.24. The number of hydrogen-bond acceptors (Lipinski definition) is 7. The third-order valence-corrected chi connectivity index (χ3v) is 8.26. The van der Waals surface area contributed by atoms with Crippen molar-refractivity contribution in [2.45, 2.75) is 51.1 Å². The van der Waals surface area contributed by atoms with Gasteiger partial charge >= 0.3 is 17.8 Å². The van der Waals surface area contributed by atoms with Crippen LogP contribution in [0.15, 0.2) is 69.5 Å². The minimum absolute atomic E-state index is 0.0999. The van der Waals surface area contributed by atoms with Gasteiger partial charge in [-0.15, -0.1) is 0 Å². The summed E-state index contributed by atoms with van der Waals surface area (Å²) in [6.07, 6.45) is 6.57. The minimum atomic E-state index is -4.86. The molecule has 0 bridgehead atoms. The van der Waals surface area contributed by atoms with Gasteiger partial charge in [-0.2, -0.15) is 17.5 Å². The SMILES string of the molecule is CC(=O)OOC1=CC(C2=CCCCC2)(c2nsc3ccc(-n4c(=O)cc(C(F)(F)F)n(C)c4=O)cc23)C(C)C=C1. The molecule has 0 saturated heterocycles. The van der Waals surface area contributed by atoms with E-state index in [1.807, 2.05) is 19.1 Å². The number of nitrogens with zero attached hydrogens (tertiary/aromatic N) is 3. The number of hydrogen-bond donors (Lipinski definition) is 0. The number of rotatable bonds is 5. The Morgan fingerprint density at radius 2 is 1.98 bits per heavy atom. The lowest BCUT2D eigenvalue weighted by Crippen LogP contribution is -2.40. The molecule has 0 amide bonds. The topological polar surface area (TPSA) is 92.4 Å². The molecule has 0 radical (unpaired) electrons. The van der Waals surface area contributed by atoms with Crippen molar-refractivity contribution < 1.29 is 27.7 Å². The second kappa shape index (κ2) is 10.2. The maximum absolute atomic E-state index is 13.4. The summed E-state index contributed by atoms with van der Waals surface area (Å²) in [6.45, 7) is 3.27. The molecule has 40 heavy (non-hydrogen) atoms. The Morgan fingerprint density at radius 3 is 2.65 bits per heavy atom. The van der Waals surface area contributed by atoms with Gasteiger partial charge in [0.15, 0.2) is 5.76 Å². The molecule has 2 aromatic heterocycles. The first kappa shape index (κ1) is 27.6. The van der Waals surface area contributed by atoms with E-state index < -0.39 is 34.5 Å². The number of fused-ring (bicyclic) bond motifs is 1. The van der Waals surface area contributed by atoms with E-state index in [9.17, 15) is 27.6 Å². The van der Waals surface area contributed by atoms with Gasteiger partial charge in [-0.25, -0.2) is 14.2 Å². The van der Waals surface area contributed by atoms with E-state index in [4.69, 9.17) is 14.1 Å². The zero-order chi connectivity index (χ0) is 28.8. The minimum Gasteiger partial charge on any atom is -0.292 e. The number of aromatic nitrogens is 3. The summed E-state index contributed by atoms with van der Waals surface area (Å²) in [7, 11) is 0.979. The van der Waals surface area contributed by atoms with Crippen LogP contribution in [0.4, 0.5) is 13.2 Å². The Bertz CT molecular complexity index is 1710. The Kier molecular flexibility index (Phi) is 7.07. The third-order valence-electron chi connectivity index (χ3n) is 7.43. The van der Waals surface area contributed by atoms with Crippen molar-refractivity contribution in [2.24, 2.45) is 13.0 Å². The summed E-state index contributed by atoms with van der Waals surface area (Å²) >= 11 is 1.24. The van der Waals surface area contributed by atoms with E-state index in [0.29, 0.717) is 27.5 Å². The Balaban J connectivity index is 1.73. The molecule has 3 aromatic rings. The van der Waals surface area contributed by atoms with Gasteiger partial charge in [0.25, 0.3) is 5.56 Å². The van der Waals surface area contributed by atoms with Crippen LogP contribution in [0, 0.1) is 5.92 Å². The number of halogens is 3. The first-order valence-electron chi connectivity index (χ1n) is 12.7. The van der Waals surface area contributed by atoms with Crippen molar-refractivity contribution in [3.63, 3.8) is 0 Å². The molecule has 0 aliphatic heterocycles. The molecule has 0 saturated carbocycles. The highest BCUT2D eigenvalue weighted by molar-refractivity contribution is 7.13. The number of benzene rings is 1. The smallest absolute Gasteiger partial charge is 0.292 e. The van der Waals surface area contributed by atoms with E-state index >= 15 is 0 Å². The number of carbonyl (C=O) groups is 1. The van der Waals surface area contributed by atoms with Crippen LogP contribution in [-0.4, -0.2) is 19.5 Å².